The molecule has 2 heterocycles. The molecule has 0 saturated heterocycles. The first-order valence-corrected chi connectivity index (χ1v) is 10.6. The van der Waals surface area contributed by atoms with Crippen LogP contribution in [0.2, 0.25) is 0 Å². The van der Waals surface area contributed by atoms with Crippen molar-refractivity contribution in [3.8, 4) is 11.3 Å². The summed E-state index contributed by atoms with van der Waals surface area (Å²) in [4.78, 5) is 4.83. The lowest BCUT2D eigenvalue weighted by Gasteiger charge is -2.14. The molecule has 2 aromatic carbocycles. The minimum atomic E-state index is -3.64. The van der Waals surface area contributed by atoms with Crippen molar-refractivity contribution in [2.24, 2.45) is 0 Å². The number of fused-ring (bicyclic) bond motifs is 1. The number of nitrogens with one attached hydrogen (secondary N) is 1. The highest BCUT2D eigenvalue weighted by Crippen LogP contribution is 2.28. The van der Waals surface area contributed by atoms with Crippen molar-refractivity contribution in [1.82, 2.24) is 9.55 Å². The van der Waals surface area contributed by atoms with Crippen LogP contribution in [0.25, 0.3) is 11.3 Å². The van der Waals surface area contributed by atoms with Crippen LogP contribution < -0.4 is 4.72 Å². The monoisotopic (exact) mass is 381 g/mol. The normalized spacial score (nSPS) is 13.6. The van der Waals surface area contributed by atoms with Gasteiger partial charge in [-0.15, -0.1) is 0 Å². The fourth-order valence-electron chi connectivity index (χ4n) is 3.99. The van der Waals surface area contributed by atoms with Crippen LogP contribution >= 0.6 is 0 Å². The number of sulfonamides is 1. The van der Waals surface area contributed by atoms with E-state index in [1.807, 2.05) is 51.2 Å². The van der Waals surface area contributed by atoms with Gasteiger partial charge in [0.1, 0.15) is 5.82 Å². The number of anilines is 1. The Bertz CT molecular complexity index is 1090. The Morgan fingerprint density at radius 3 is 2.37 bits per heavy atom. The van der Waals surface area contributed by atoms with Crippen LogP contribution in [-0.2, 0) is 23.0 Å². The van der Waals surface area contributed by atoms with E-state index in [9.17, 15) is 8.42 Å². The summed E-state index contributed by atoms with van der Waals surface area (Å²) in [6.07, 6.45) is 4.04. The maximum absolute atomic E-state index is 12.9. The largest absolute Gasteiger partial charge is 0.328 e. The van der Waals surface area contributed by atoms with E-state index < -0.39 is 10.0 Å². The molecule has 1 aliphatic heterocycles. The molecule has 0 saturated carbocycles. The quantitative estimate of drug-likeness (QED) is 0.736. The van der Waals surface area contributed by atoms with E-state index in [0.717, 1.165) is 53.2 Å². The Kier molecular flexibility index (Phi) is 4.30. The van der Waals surface area contributed by atoms with E-state index in [0.29, 0.717) is 10.6 Å². The molecule has 3 aromatic rings. The van der Waals surface area contributed by atoms with Crippen LogP contribution in [0.4, 0.5) is 5.69 Å². The van der Waals surface area contributed by atoms with Crippen LogP contribution in [-0.4, -0.2) is 18.0 Å². The second-order valence-corrected chi connectivity index (χ2v) is 8.84. The number of hydrogen-bond donors (Lipinski definition) is 1. The lowest BCUT2D eigenvalue weighted by atomic mass is 10.1. The maximum atomic E-state index is 12.9. The Morgan fingerprint density at radius 2 is 1.70 bits per heavy atom. The van der Waals surface area contributed by atoms with Gasteiger partial charge in [-0.2, -0.15) is 0 Å². The lowest BCUT2D eigenvalue weighted by Crippen LogP contribution is -2.15. The second kappa shape index (κ2) is 6.53. The van der Waals surface area contributed by atoms with Gasteiger partial charge in [-0.1, -0.05) is 29.8 Å². The average Bonchev–Trinajstić information content (AvgIpc) is 3.17. The fourth-order valence-corrected chi connectivity index (χ4v) is 5.51. The van der Waals surface area contributed by atoms with Crippen molar-refractivity contribution < 1.29 is 8.42 Å². The van der Waals surface area contributed by atoms with Crippen LogP contribution in [0.3, 0.4) is 0 Å². The smallest absolute Gasteiger partial charge is 0.262 e. The zero-order valence-corrected chi connectivity index (χ0v) is 16.6. The summed E-state index contributed by atoms with van der Waals surface area (Å²) < 4.78 is 30.7. The summed E-state index contributed by atoms with van der Waals surface area (Å²) in [7, 11) is -3.64. The summed E-state index contributed by atoms with van der Waals surface area (Å²) in [5.74, 6) is 1.13. The molecule has 140 valence electrons. The number of rotatable bonds is 4. The lowest BCUT2D eigenvalue weighted by molar-refractivity contribution is 0.600. The molecule has 0 atom stereocenters. The first-order chi connectivity index (χ1) is 12.8. The number of aryl methyl sites for hydroxylation is 4. The first-order valence-electron chi connectivity index (χ1n) is 9.11. The molecule has 1 aromatic heterocycles. The van der Waals surface area contributed by atoms with Gasteiger partial charge in [0.25, 0.3) is 10.0 Å². The molecule has 0 fully saturated rings. The van der Waals surface area contributed by atoms with E-state index in [4.69, 9.17) is 0 Å². The highest BCUT2D eigenvalue weighted by Gasteiger charge is 2.20. The summed E-state index contributed by atoms with van der Waals surface area (Å²) in [5.41, 5.74) is 5.25. The van der Waals surface area contributed by atoms with Gasteiger partial charge in [0, 0.05) is 18.7 Å². The zero-order chi connectivity index (χ0) is 19.2. The predicted molar refractivity (Wildman–Crippen MR) is 107 cm³/mol. The van der Waals surface area contributed by atoms with Crippen LogP contribution in [0, 0.1) is 20.8 Å². The number of aromatic nitrogens is 2. The molecule has 1 N–H and O–H groups in total. The van der Waals surface area contributed by atoms with Gasteiger partial charge in [0.15, 0.2) is 0 Å². The Hall–Kier alpha value is -2.60. The third-order valence-corrected chi connectivity index (χ3v) is 6.71. The van der Waals surface area contributed by atoms with Crippen LogP contribution in [0.5, 0.6) is 0 Å². The molecule has 0 radical (unpaired) electrons. The van der Waals surface area contributed by atoms with Crippen molar-refractivity contribution in [3.05, 3.63) is 65.1 Å². The molecule has 1 aliphatic rings. The van der Waals surface area contributed by atoms with Crippen LogP contribution in [0.15, 0.2) is 47.5 Å². The van der Waals surface area contributed by atoms with Crippen molar-refractivity contribution in [1.29, 1.82) is 0 Å². The fraction of sp³-hybridized carbons (Fsp3) is 0.286. The molecular formula is C21H23N3O2S. The average molecular weight is 382 g/mol. The molecule has 0 spiro atoms. The van der Waals surface area contributed by atoms with Gasteiger partial charge in [-0.3, -0.25) is 4.72 Å². The Balaban J connectivity index is 1.62. The summed E-state index contributed by atoms with van der Waals surface area (Å²) in [6, 6.07) is 11.3. The third kappa shape index (κ3) is 3.25. The predicted octanol–water partition coefficient (Wildman–Crippen LogP) is 4.22. The zero-order valence-electron chi connectivity index (χ0n) is 15.8. The van der Waals surface area contributed by atoms with Crippen molar-refractivity contribution in [2.45, 2.75) is 45.1 Å². The van der Waals surface area contributed by atoms with Gasteiger partial charge in [0.05, 0.1) is 16.8 Å². The van der Waals surface area contributed by atoms with Crippen molar-refractivity contribution in [3.63, 3.8) is 0 Å². The van der Waals surface area contributed by atoms with Crippen molar-refractivity contribution >= 4 is 15.7 Å². The molecule has 0 unspecified atom stereocenters. The third-order valence-electron chi connectivity index (χ3n) is 5.03. The summed E-state index contributed by atoms with van der Waals surface area (Å²) >= 11 is 0. The van der Waals surface area contributed by atoms with Gasteiger partial charge in [0.2, 0.25) is 0 Å². The van der Waals surface area contributed by atoms with E-state index >= 15 is 0 Å². The Labute approximate surface area is 160 Å². The van der Waals surface area contributed by atoms with E-state index in [-0.39, 0.29) is 0 Å². The second-order valence-electron chi connectivity index (χ2n) is 7.23. The topological polar surface area (TPSA) is 64.0 Å². The minimum absolute atomic E-state index is 0.353. The molecule has 0 bridgehead atoms. The van der Waals surface area contributed by atoms with Crippen LogP contribution in [0.1, 0.15) is 28.9 Å². The highest BCUT2D eigenvalue weighted by molar-refractivity contribution is 7.92. The molecule has 0 aliphatic carbocycles. The molecule has 4 rings (SSSR count). The molecule has 6 heteroatoms. The first kappa shape index (κ1) is 17.8. The molecule has 5 nitrogen and oxygen atoms in total. The SMILES string of the molecule is Cc1cc(C)c(S(=O)(=O)Nc2ccc(-c3cnc4n3CCC4)cc2)c(C)c1. The van der Waals surface area contributed by atoms with Crippen molar-refractivity contribution in [2.75, 3.05) is 4.72 Å². The number of benzene rings is 2. The summed E-state index contributed by atoms with van der Waals surface area (Å²) in [6.45, 7) is 6.62. The Morgan fingerprint density at radius 1 is 1.04 bits per heavy atom. The molecular weight excluding hydrogens is 358 g/mol. The van der Waals surface area contributed by atoms with E-state index in [1.54, 1.807) is 12.1 Å². The molecule has 0 amide bonds. The highest BCUT2D eigenvalue weighted by atomic mass is 32.2. The van der Waals surface area contributed by atoms with E-state index in [1.165, 1.54) is 0 Å². The molecule has 27 heavy (non-hydrogen) atoms. The van der Waals surface area contributed by atoms with Gasteiger partial charge in [-0.05, 0) is 56.0 Å². The van der Waals surface area contributed by atoms with Gasteiger partial charge in [-0.25, -0.2) is 13.4 Å². The van der Waals surface area contributed by atoms with E-state index in [2.05, 4.69) is 14.3 Å². The maximum Gasteiger partial charge on any atom is 0.262 e. The van der Waals surface area contributed by atoms with Gasteiger partial charge >= 0.3 is 0 Å². The number of hydrogen-bond acceptors (Lipinski definition) is 3. The number of nitrogens with zero attached hydrogens (tertiary/aromatic N) is 2. The minimum Gasteiger partial charge on any atom is -0.328 e. The standard InChI is InChI=1S/C21H23N3O2S/c1-14-11-15(2)21(16(3)12-14)27(25,26)23-18-8-6-17(7-9-18)19-13-22-20-5-4-10-24(19)20/h6-9,11-13,23H,4-5,10H2,1-3H3. The van der Waals surface area contributed by atoms with Gasteiger partial charge < -0.3 is 4.57 Å². The summed E-state index contributed by atoms with van der Waals surface area (Å²) in [5, 5.41) is 0. The number of imidazole rings is 1.